The van der Waals surface area contributed by atoms with E-state index in [0.717, 1.165) is 10.8 Å². The maximum absolute atomic E-state index is 13.2. The summed E-state index contributed by atoms with van der Waals surface area (Å²) < 4.78 is 14.6. The molecule has 1 heterocycles. The zero-order valence-corrected chi connectivity index (χ0v) is 17.2. The van der Waals surface area contributed by atoms with E-state index in [1.165, 1.54) is 22.9 Å². The van der Waals surface area contributed by atoms with E-state index in [1.807, 2.05) is 42.5 Å². The van der Waals surface area contributed by atoms with E-state index in [0.29, 0.717) is 22.6 Å². The Morgan fingerprint density at radius 1 is 1.13 bits per heavy atom. The standard InChI is InChI=1S/C24H16ClFN4O/c1-15-21(23(25)30(29-15)19-11-9-18(26)10-12-19)13-17(14-27)24(31)28-22-8-4-6-16-5-2-3-7-20(16)22/h2-13H,1H3,(H,28,31)/b17-13+. The Balaban J connectivity index is 1.68. The zero-order chi connectivity index (χ0) is 22.0. The van der Waals surface area contributed by atoms with Crippen LogP contribution >= 0.6 is 11.6 Å². The Morgan fingerprint density at radius 3 is 2.58 bits per heavy atom. The Hall–Kier alpha value is -3.95. The lowest BCUT2D eigenvalue weighted by Crippen LogP contribution is -2.13. The number of aromatic nitrogens is 2. The van der Waals surface area contributed by atoms with Crippen LogP contribution in [0.4, 0.5) is 10.1 Å². The Labute approximate surface area is 183 Å². The van der Waals surface area contributed by atoms with Crippen LogP contribution in [0, 0.1) is 24.1 Å². The summed E-state index contributed by atoms with van der Waals surface area (Å²) in [6.45, 7) is 1.72. The summed E-state index contributed by atoms with van der Waals surface area (Å²) in [5.74, 6) is -0.926. The molecule has 0 saturated carbocycles. The number of anilines is 1. The van der Waals surface area contributed by atoms with Gasteiger partial charge >= 0.3 is 0 Å². The van der Waals surface area contributed by atoms with Gasteiger partial charge in [-0.2, -0.15) is 10.4 Å². The van der Waals surface area contributed by atoms with E-state index in [1.54, 1.807) is 25.1 Å². The number of nitriles is 1. The fourth-order valence-corrected chi connectivity index (χ4v) is 3.57. The van der Waals surface area contributed by atoms with Gasteiger partial charge in [0, 0.05) is 16.6 Å². The lowest BCUT2D eigenvalue weighted by molar-refractivity contribution is -0.112. The normalized spacial score (nSPS) is 11.4. The smallest absolute Gasteiger partial charge is 0.266 e. The van der Waals surface area contributed by atoms with Crippen molar-refractivity contribution in [2.75, 3.05) is 5.32 Å². The Kier molecular flexibility index (Phi) is 5.52. The molecule has 0 aliphatic carbocycles. The molecular formula is C24H16ClFN4O. The topological polar surface area (TPSA) is 70.7 Å². The molecule has 31 heavy (non-hydrogen) atoms. The number of hydrogen-bond acceptors (Lipinski definition) is 3. The molecule has 0 aliphatic heterocycles. The molecule has 0 atom stereocenters. The van der Waals surface area contributed by atoms with Crippen molar-refractivity contribution in [1.82, 2.24) is 9.78 Å². The van der Waals surface area contributed by atoms with E-state index >= 15 is 0 Å². The average Bonchev–Trinajstić information content (AvgIpc) is 3.06. The molecule has 4 rings (SSSR count). The minimum atomic E-state index is -0.552. The van der Waals surface area contributed by atoms with Gasteiger partial charge in [0.25, 0.3) is 5.91 Å². The molecular weight excluding hydrogens is 415 g/mol. The number of nitrogens with zero attached hydrogens (tertiary/aromatic N) is 3. The predicted octanol–water partition coefficient (Wildman–Crippen LogP) is 5.67. The number of aryl methyl sites for hydroxylation is 1. The molecule has 1 N–H and O–H groups in total. The highest BCUT2D eigenvalue weighted by Crippen LogP contribution is 2.27. The van der Waals surface area contributed by atoms with Crippen LogP contribution in [0.2, 0.25) is 5.15 Å². The summed E-state index contributed by atoms with van der Waals surface area (Å²) in [6.07, 6.45) is 1.41. The lowest BCUT2D eigenvalue weighted by atomic mass is 10.1. The number of hydrogen-bond donors (Lipinski definition) is 1. The number of fused-ring (bicyclic) bond motifs is 1. The predicted molar refractivity (Wildman–Crippen MR) is 119 cm³/mol. The van der Waals surface area contributed by atoms with Gasteiger partial charge in [-0.05, 0) is 48.7 Å². The second kappa shape index (κ2) is 8.42. The van der Waals surface area contributed by atoms with Gasteiger partial charge < -0.3 is 5.32 Å². The molecule has 152 valence electrons. The molecule has 0 fully saturated rings. The second-order valence-electron chi connectivity index (χ2n) is 6.83. The van der Waals surface area contributed by atoms with Gasteiger partial charge in [0.05, 0.1) is 11.4 Å². The van der Waals surface area contributed by atoms with Gasteiger partial charge in [0.1, 0.15) is 22.6 Å². The zero-order valence-electron chi connectivity index (χ0n) is 16.4. The number of carbonyl (C=O) groups is 1. The van der Waals surface area contributed by atoms with Crippen LogP contribution in [-0.4, -0.2) is 15.7 Å². The maximum atomic E-state index is 13.2. The maximum Gasteiger partial charge on any atom is 0.266 e. The van der Waals surface area contributed by atoms with Crippen molar-refractivity contribution in [1.29, 1.82) is 5.26 Å². The molecule has 0 unspecified atom stereocenters. The summed E-state index contributed by atoms with van der Waals surface area (Å²) in [5.41, 5.74) is 2.02. The highest BCUT2D eigenvalue weighted by atomic mass is 35.5. The lowest BCUT2D eigenvalue weighted by Gasteiger charge is -2.08. The van der Waals surface area contributed by atoms with Gasteiger partial charge in [0.15, 0.2) is 0 Å². The van der Waals surface area contributed by atoms with Gasteiger partial charge in [0.2, 0.25) is 0 Å². The van der Waals surface area contributed by atoms with Gasteiger partial charge in [-0.25, -0.2) is 9.07 Å². The molecule has 7 heteroatoms. The van der Waals surface area contributed by atoms with Crippen molar-refractivity contribution in [3.63, 3.8) is 0 Å². The third-order valence-electron chi connectivity index (χ3n) is 4.81. The van der Waals surface area contributed by atoms with E-state index in [2.05, 4.69) is 10.4 Å². The van der Waals surface area contributed by atoms with E-state index in [9.17, 15) is 14.4 Å². The highest BCUT2D eigenvalue weighted by molar-refractivity contribution is 6.31. The fourth-order valence-electron chi connectivity index (χ4n) is 3.25. The van der Waals surface area contributed by atoms with Crippen molar-refractivity contribution in [2.45, 2.75) is 6.92 Å². The SMILES string of the molecule is Cc1nn(-c2ccc(F)cc2)c(Cl)c1/C=C(\C#N)C(=O)Nc1cccc2ccccc12. The number of nitrogens with one attached hydrogen (secondary N) is 1. The highest BCUT2D eigenvalue weighted by Gasteiger charge is 2.17. The molecule has 5 nitrogen and oxygen atoms in total. The monoisotopic (exact) mass is 430 g/mol. The number of rotatable bonds is 4. The summed E-state index contributed by atoms with van der Waals surface area (Å²) in [5, 5.41) is 18.8. The first-order valence-corrected chi connectivity index (χ1v) is 9.77. The largest absolute Gasteiger partial charge is 0.321 e. The van der Waals surface area contributed by atoms with E-state index < -0.39 is 5.91 Å². The van der Waals surface area contributed by atoms with Gasteiger partial charge in [-0.15, -0.1) is 0 Å². The van der Waals surface area contributed by atoms with Gasteiger partial charge in [-0.3, -0.25) is 4.79 Å². The van der Waals surface area contributed by atoms with Crippen LogP contribution in [0.15, 0.2) is 72.3 Å². The van der Waals surface area contributed by atoms with E-state index in [4.69, 9.17) is 11.6 Å². The van der Waals surface area contributed by atoms with Crippen LogP contribution in [0.1, 0.15) is 11.3 Å². The minimum absolute atomic E-state index is 0.114. The summed E-state index contributed by atoms with van der Waals surface area (Å²) >= 11 is 6.47. The molecule has 0 aliphatic rings. The van der Waals surface area contributed by atoms with Crippen LogP contribution < -0.4 is 5.32 Å². The molecule has 0 saturated heterocycles. The molecule has 1 amide bonds. The van der Waals surface area contributed by atoms with Crippen LogP contribution in [0.5, 0.6) is 0 Å². The van der Waals surface area contributed by atoms with Crippen LogP contribution in [-0.2, 0) is 4.79 Å². The summed E-state index contributed by atoms with van der Waals surface area (Å²) in [4.78, 5) is 12.8. The van der Waals surface area contributed by atoms with Crippen molar-refractivity contribution >= 4 is 40.0 Å². The molecule has 1 aromatic heterocycles. The van der Waals surface area contributed by atoms with Crippen molar-refractivity contribution in [2.24, 2.45) is 0 Å². The molecule has 4 aromatic rings. The number of benzene rings is 3. The molecule has 0 spiro atoms. The second-order valence-corrected chi connectivity index (χ2v) is 7.19. The van der Waals surface area contributed by atoms with Crippen molar-refractivity contribution in [3.05, 3.63) is 94.5 Å². The Bertz CT molecular complexity index is 1360. The first kappa shape index (κ1) is 20.3. The quantitative estimate of drug-likeness (QED) is 0.335. The van der Waals surface area contributed by atoms with Gasteiger partial charge in [-0.1, -0.05) is 48.0 Å². The number of amides is 1. The van der Waals surface area contributed by atoms with Crippen molar-refractivity contribution in [3.8, 4) is 11.8 Å². The molecule has 3 aromatic carbocycles. The van der Waals surface area contributed by atoms with E-state index in [-0.39, 0.29) is 16.5 Å². The van der Waals surface area contributed by atoms with Crippen LogP contribution in [0.3, 0.4) is 0 Å². The minimum Gasteiger partial charge on any atom is -0.321 e. The molecule has 0 radical (unpaired) electrons. The van der Waals surface area contributed by atoms with Crippen LogP contribution in [0.25, 0.3) is 22.5 Å². The number of carbonyl (C=O) groups excluding carboxylic acids is 1. The fraction of sp³-hybridized carbons (Fsp3) is 0.0417. The third-order valence-corrected chi connectivity index (χ3v) is 5.17. The summed E-state index contributed by atoms with van der Waals surface area (Å²) in [7, 11) is 0. The summed E-state index contributed by atoms with van der Waals surface area (Å²) in [6, 6.07) is 20.8. The third kappa shape index (κ3) is 4.04. The first-order chi connectivity index (χ1) is 15.0. The van der Waals surface area contributed by atoms with Crippen molar-refractivity contribution < 1.29 is 9.18 Å². The average molecular weight is 431 g/mol. The number of halogens is 2. The first-order valence-electron chi connectivity index (χ1n) is 9.40. The Morgan fingerprint density at radius 2 is 1.84 bits per heavy atom. The molecule has 0 bridgehead atoms.